The molecular weight excluding hydrogens is 452 g/mol. The lowest BCUT2D eigenvalue weighted by Crippen LogP contribution is -2.44. The Morgan fingerprint density at radius 3 is 2.53 bits per heavy atom. The molecule has 1 aromatic heterocycles. The molecule has 5 rings (SSSR count). The zero-order chi connectivity index (χ0) is 23.5. The van der Waals surface area contributed by atoms with E-state index in [1.165, 1.54) is 32.1 Å². The topological polar surface area (TPSA) is 76.5 Å². The second-order valence-corrected chi connectivity index (χ2v) is 10.3. The molecule has 3 aliphatic rings. The normalized spacial score (nSPS) is 21.8. The van der Waals surface area contributed by atoms with Gasteiger partial charge in [0.05, 0.1) is 25.2 Å². The van der Waals surface area contributed by atoms with E-state index in [9.17, 15) is 9.59 Å². The maximum absolute atomic E-state index is 13.2. The summed E-state index contributed by atoms with van der Waals surface area (Å²) in [6.07, 6.45) is 9.40. The second-order valence-electron chi connectivity index (χ2n) is 9.86. The number of aromatic nitrogens is 2. The molecule has 2 aliphatic heterocycles. The van der Waals surface area contributed by atoms with Gasteiger partial charge in [0.2, 0.25) is 5.91 Å². The van der Waals surface area contributed by atoms with Crippen molar-refractivity contribution in [2.75, 3.05) is 19.6 Å². The van der Waals surface area contributed by atoms with Crippen LogP contribution in [0, 0.1) is 11.8 Å². The Kier molecular flexibility index (Phi) is 7.21. The van der Waals surface area contributed by atoms with Gasteiger partial charge in [-0.25, -0.2) is 4.98 Å². The number of fused-ring (bicyclic) bond motifs is 1. The molecule has 0 radical (unpaired) electrons. The van der Waals surface area contributed by atoms with Crippen molar-refractivity contribution in [3.63, 3.8) is 0 Å². The van der Waals surface area contributed by atoms with Crippen LogP contribution >= 0.6 is 11.6 Å². The molecule has 1 atom stereocenters. The first-order chi connectivity index (χ1) is 16.6. The monoisotopic (exact) mass is 484 g/mol. The van der Waals surface area contributed by atoms with Gasteiger partial charge in [-0.3, -0.25) is 9.59 Å². The van der Waals surface area contributed by atoms with E-state index in [4.69, 9.17) is 16.3 Å². The summed E-state index contributed by atoms with van der Waals surface area (Å²) in [5.41, 5.74) is 2.35. The minimum Gasteiger partial charge on any atom is -0.365 e. The Hall–Kier alpha value is -2.38. The van der Waals surface area contributed by atoms with Gasteiger partial charge in [-0.2, -0.15) is 0 Å². The lowest BCUT2D eigenvalue weighted by molar-refractivity contribution is -0.126. The average molecular weight is 485 g/mol. The highest BCUT2D eigenvalue weighted by Gasteiger charge is 2.32. The van der Waals surface area contributed by atoms with Gasteiger partial charge < -0.3 is 19.5 Å². The van der Waals surface area contributed by atoms with Crippen molar-refractivity contribution in [2.45, 2.75) is 64.2 Å². The van der Waals surface area contributed by atoms with Crippen molar-refractivity contribution in [3.05, 3.63) is 52.6 Å². The number of ether oxygens (including phenoxy) is 1. The third-order valence-corrected chi connectivity index (χ3v) is 7.87. The lowest BCUT2D eigenvalue weighted by atomic mass is 9.89. The zero-order valence-electron chi connectivity index (χ0n) is 19.5. The van der Waals surface area contributed by atoms with E-state index in [1.807, 2.05) is 33.7 Å². The van der Waals surface area contributed by atoms with Crippen LogP contribution in [0.15, 0.2) is 30.6 Å². The number of likely N-dealkylation sites (tertiary alicyclic amines) is 1. The van der Waals surface area contributed by atoms with Gasteiger partial charge in [-0.05, 0) is 49.3 Å². The van der Waals surface area contributed by atoms with Crippen LogP contribution in [-0.4, -0.2) is 45.9 Å². The van der Waals surface area contributed by atoms with Crippen LogP contribution in [-0.2, 0) is 22.7 Å². The van der Waals surface area contributed by atoms with E-state index in [0.717, 1.165) is 17.8 Å². The van der Waals surface area contributed by atoms with Crippen molar-refractivity contribution < 1.29 is 14.3 Å². The Balaban J connectivity index is 1.14. The van der Waals surface area contributed by atoms with Crippen LogP contribution in [0.25, 0.3) is 0 Å². The number of rotatable bonds is 5. The molecule has 34 heavy (non-hydrogen) atoms. The molecule has 2 aromatic rings. The molecule has 7 nitrogen and oxygen atoms in total. The van der Waals surface area contributed by atoms with Crippen molar-refractivity contribution >= 4 is 23.4 Å². The summed E-state index contributed by atoms with van der Waals surface area (Å²) < 4.78 is 8.08. The lowest BCUT2D eigenvalue weighted by Gasteiger charge is -2.32. The molecule has 1 aliphatic carbocycles. The quantitative estimate of drug-likeness (QED) is 0.684. The first-order valence-corrected chi connectivity index (χ1v) is 12.9. The zero-order valence-corrected chi connectivity index (χ0v) is 20.3. The van der Waals surface area contributed by atoms with Crippen LogP contribution in [0.5, 0.6) is 0 Å². The highest BCUT2D eigenvalue weighted by Crippen LogP contribution is 2.30. The highest BCUT2D eigenvalue weighted by molar-refractivity contribution is 6.30. The number of benzene rings is 1. The maximum atomic E-state index is 13.2. The highest BCUT2D eigenvalue weighted by atomic mass is 35.5. The van der Waals surface area contributed by atoms with Gasteiger partial charge in [-0.15, -0.1) is 0 Å². The summed E-state index contributed by atoms with van der Waals surface area (Å²) in [4.78, 5) is 32.1. The van der Waals surface area contributed by atoms with E-state index in [0.29, 0.717) is 55.7 Å². The van der Waals surface area contributed by atoms with Crippen LogP contribution in [0.1, 0.15) is 72.8 Å². The Morgan fingerprint density at radius 1 is 1.06 bits per heavy atom. The smallest absolute Gasteiger partial charge is 0.274 e. The summed E-state index contributed by atoms with van der Waals surface area (Å²) >= 11 is 6.00. The summed E-state index contributed by atoms with van der Waals surface area (Å²) in [5.74, 6) is 0.710. The number of hydrogen-bond acceptors (Lipinski definition) is 4. The maximum Gasteiger partial charge on any atom is 0.274 e. The minimum absolute atomic E-state index is 0.00739. The minimum atomic E-state index is -0.0928. The predicted molar refractivity (Wildman–Crippen MR) is 129 cm³/mol. The number of hydrogen-bond donors (Lipinski definition) is 1. The predicted octanol–water partition coefficient (Wildman–Crippen LogP) is 4.36. The summed E-state index contributed by atoms with van der Waals surface area (Å²) in [6.45, 7) is 2.92. The van der Waals surface area contributed by atoms with Crippen LogP contribution < -0.4 is 5.32 Å². The van der Waals surface area contributed by atoms with Crippen molar-refractivity contribution in [1.82, 2.24) is 19.8 Å². The van der Waals surface area contributed by atoms with Gasteiger partial charge in [0.1, 0.15) is 6.10 Å². The Labute approximate surface area is 205 Å². The molecule has 2 fully saturated rings. The van der Waals surface area contributed by atoms with Crippen LogP contribution in [0.2, 0.25) is 5.02 Å². The van der Waals surface area contributed by atoms with E-state index in [-0.39, 0.29) is 23.8 Å². The first kappa shape index (κ1) is 23.4. The van der Waals surface area contributed by atoms with Gasteiger partial charge in [0.15, 0.2) is 5.69 Å². The number of halogens is 1. The molecule has 8 heteroatoms. The van der Waals surface area contributed by atoms with E-state index >= 15 is 0 Å². The molecule has 1 aromatic carbocycles. The van der Waals surface area contributed by atoms with Gasteiger partial charge in [0, 0.05) is 30.6 Å². The van der Waals surface area contributed by atoms with Gasteiger partial charge >= 0.3 is 0 Å². The van der Waals surface area contributed by atoms with Crippen LogP contribution in [0.3, 0.4) is 0 Å². The van der Waals surface area contributed by atoms with E-state index < -0.39 is 0 Å². The number of amides is 2. The van der Waals surface area contributed by atoms with Crippen molar-refractivity contribution in [2.24, 2.45) is 11.8 Å². The molecule has 0 bridgehead atoms. The fraction of sp³-hybridized carbons (Fsp3) is 0.577. The van der Waals surface area contributed by atoms with Crippen molar-refractivity contribution in [3.8, 4) is 0 Å². The van der Waals surface area contributed by atoms with Crippen molar-refractivity contribution in [1.29, 1.82) is 0 Å². The van der Waals surface area contributed by atoms with Gasteiger partial charge in [0.25, 0.3) is 5.91 Å². The molecule has 1 saturated heterocycles. The molecule has 2 amide bonds. The number of carbonyl (C=O) groups excluding carboxylic acids is 2. The summed E-state index contributed by atoms with van der Waals surface area (Å²) in [7, 11) is 0. The number of imidazole rings is 1. The number of piperidine rings is 1. The SMILES string of the molecule is O=C(NCC1CCCCC1)C1CCN(C(=O)c2ncn3c2CO[C@H](c2ccc(Cl)cc2)C3)CC1. The standard InChI is InChI=1S/C26H33ClN4O3/c27-21-8-6-19(7-9-21)23-15-31-17-29-24(22(31)16-34-23)26(33)30-12-10-20(11-13-30)25(32)28-14-18-4-2-1-3-5-18/h6-9,17-18,20,23H,1-5,10-16H2,(H,28,32)/t23-/m0/s1. The number of nitrogens with zero attached hydrogens (tertiary/aromatic N) is 3. The molecular formula is C26H33ClN4O3. The third kappa shape index (κ3) is 5.15. The third-order valence-electron chi connectivity index (χ3n) is 7.62. The molecule has 3 heterocycles. The molecule has 1 N–H and O–H groups in total. The number of carbonyl (C=O) groups is 2. The van der Waals surface area contributed by atoms with E-state index in [1.54, 1.807) is 6.33 Å². The fourth-order valence-corrected chi connectivity index (χ4v) is 5.59. The summed E-state index contributed by atoms with van der Waals surface area (Å²) in [5, 5.41) is 3.87. The molecule has 1 saturated carbocycles. The summed E-state index contributed by atoms with van der Waals surface area (Å²) in [6, 6.07) is 7.66. The van der Waals surface area contributed by atoms with E-state index in [2.05, 4.69) is 10.3 Å². The Bertz CT molecular complexity index is 1010. The van der Waals surface area contributed by atoms with Crippen LogP contribution in [0.4, 0.5) is 0 Å². The Morgan fingerprint density at radius 2 is 1.79 bits per heavy atom. The molecule has 182 valence electrons. The molecule has 0 spiro atoms. The first-order valence-electron chi connectivity index (χ1n) is 12.6. The van der Waals surface area contributed by atoms with Gasteiger partial charge in [-0.1, -0.05) is 43.0 Å². The second kappa shape index (κ2) is 10.5. The largest absolute Gasteiger partial charge is 0.365 e. The average Bonchev–Trinajstić information content (AvgIpc) is 3.31. The number of nitrogens with one attached hydrogen (secondary N) is 1. The molecule has 0 unspecified atom stereocenters. The fourth-order valence-electron chi connectivity index (χ4n) is 5.46.